The number of carboxylic acids is 1. The second-order valence-corrected chi connectivity index (χ2v) is 6.22. The number of fused-ring (bicyclic) bond motifs is 2. The average Bonchev–Trinajstić information content (AvgIpc) is 2.96. The zero-order valence-electron chi connectivity index (χ0n) is 13.9. The van der Waals surface area contributed by atoms with Crippen molar-refractivity contribution in [3.05, 3.63) is 83.3 Å². The first kappa shape index (κ1) is 16.3. The minimum absolute atomic E-state index is 0.138. The highest BCUT2D eigenvalue weighted by molar-refractivity contribution is 5.98. The lowest BCUT2D eigenvalue weighted by atomic mass is 10.0. The molecule has 5 heteroatoms. The molecule has 26 heavy (non-hydrogen) atoms. The van der Waals surface area contributed by atoms with Crippen molar-refractivity contribution in [2.45, 2.75) is 13.1 Å². The SMILES string of the molecule is NCc1c(C(=O)O)n(Cc2cccc3ccc(F)cc23)c2ccccc12. The van der Waals surface area contributed by atoms with Gasteiger partial charge in [-0.2, -0.15) is 0 Å². The van der Waals surface area contributed by atoms with Crippen LogP contribution in [0, 0.1) is 5.82 Å². The predicted octanol–water partition coefficient (Wildman–Crippen LogP) is 4.14. The van der Waals surface area contributed by atoms with Crippen molar-refractivity contribution in [3.63, 3.8) is 0 Å². The molecular formula is C21H17FN2O2. The quantitative estimate of drug-likeness (QED) is 0.582. The van der Waals surface area contributed by atoms with Crippen LogP contribution in [0.25, 0.3) is 21.7 Å². The lowest BCUT2D eigenvalue weighted by Crippen LogP contribution is -2.13. The number of carboxylic acid groups (broad SMARTS) is 1. The summed E-state index contributed by atoms with van der Waals surface area (Å²) in [7, 11) is 0. The van der Waals surface area contributed by atoms with Gasteiger partial charge in [-0.15, -0.1) is 0 Å². The van der Waals surface area contributed by atoms with Crippen molar-refractivity contribution in [2.24, 2.45) is 5.73 Å². The van der Waals surface area contributed by atoms with Gasteiger partial charge in [-0.3, -0.25) is 0 Å². The Bertz CT molecular complexity index is 1150. The van der Waals surface area contributed by atoms with Crippen molar-refractivity contribution >= 4 is 27.6 Å². The molecule has 1 aromatic heterocycles. The number of hydrogen-bond acceptors (Lipinski definition) is 2. The fourth-order valence-corrected chi connectivity index (χ4v) is 3.61. The number of aromatic nitrogens is 1. The summed E-state index contributed by atoms with van der Waals surface area (Å²) in [5, 5.41) is 12.3. The fraction of sp³-hybridized carbons (Fsp3) is 0.0952. The molecule has 0 atom stereocenters. The highest BCUT2D eigenvalue weighted by Crippen LogP contribution is 2.29. The summed E-state index contributed by atoms with van der Waals surface area (Å²) >= 11 is 0. The molecule has 130 valence electrons. The third kappa shape index (κ3) is 2.53. The molecule has 0 saturated heterocycles. The van der Waals surface area contributed by atoms with Crippen LogP contribution in [0.5, 0.6) is 0 Å². The third-order valence-electron chi connectivity index (χ3n) is 4.75. The normalized spacial score (nSPS) is 11.3. The molecule has 4 aromatic rings. The molecule has 0 bridgehead atoms. The van der Waals surface area contributed by atoms with Crippen molar-refractivity contribution in [1.29, 1.82) is 0 Å². The summed E-state index contributed by atoms with van der Waals surface area (Å²) in [6.07, 6.45) is 0. The van der Waals surface area contributed by atoms with Gasteiger partial charge in [0.2, 0.25) is 0 Å². The van der Waals surface area contributed by atoms with Crippen molar-refractivity contribution in [3.8, 4) is 0 Å². The van der Waals surface area contributed by atoms with Crippen LogP contribution in [0.2, 0.25) is 0 Å². The van der Waals surface area contributed by atoms with Crippen molar-refractivity contribution in [1.82, 2.24) is 4.57 Å². The number of halogens is 1. The molecule has 3 aromatic carbocycles. The molecule has 0 fully saturated rings. The van der Waals surface area contributed by atoms with E-state index in [0.29, 0.717) is 12.1 Å². The molecule has 0 aliphatic carbocycles. The van der Waals surface area contributed by atoms with E-state index in [4.69, 9.17) is 5.73 Å². The summed E-state index contributed by atoms with van der Waals surface area (Å²) in [5.74, 6) is -1.34. The molecular weight excluding hydrogens is 331 g/mol. The van der Waals surface area contributed by atoms with E-state index in [9.17, 15) is 14.3 Å². The molecule has 0 saturated carbocycles. The Kier molecular flexibility index (Phi) is 3.93. The minimum Gasteiger partial charge on any atom is -0.477 e. The van der Waals surface area contributed by atoms with E-state index in [1.54, 1.807) is 10.6 Å². The molecule has 1 heterocycles. The maximum absolute atomic E-state index is 13.8. The Morgan fingerprint density at radius 1 is 1.04 bits per heavy atom. The highest BCUT2D eigenvalue weighted by Gasteiger charge is 2.21. The van der Waals surface area contributed by atoms with E-state index >= 15 is 0 Å². The fourth-order valence-electron chi connectivity index (χ4n) is 3.61. The Balaban J connectivity index is 1.98. The summed E-state index contributed by atoms with van der Waals surface area (Å²) in [4.78, 5) is 11.9. The van der Waals surface area contributed by atoms with E-state index in [0.717, 1.165) is 27.2 Å². The van der Waals surface area contributed by atoms with Crippen LogP contribution in [0.3, 0.4) is 0 Å². The van der Waals surface area contributed by atoms with Crippen LogP contribution in [0.4, 0.5) is 4.39 Å². The number of nitrogens with two attached hydrogens (primary N) is 1. The molecule has 0 unspecified atom stereocenters. The lowest BCUT2D eigenvalue weighted by molar-refractivity contribution is 0.0685. The van der Waals surface area contributed by atoms with E-state index in [-0.39, 0.29) is 18.1 Å². The number of aromatic carboxylic acids is 1. The molecule has 0 radical (unpaired) electrons. The number of rotatable bonds is 4. The van der Waals surface area contributed by atoms with Crippen LogP contribution in [0.15, 0.2) is 60.7 Å². The van der Waals surface area contributed by atoms with Crippen LogP contribution < -0.4 is 5.73 Å². The molecule has 3 N–H and O–H groups in total. The smallest absolute Gasteiger partial charge is 0.352 e. The summed E-state index contributed by atoms with van der Waals surface area (Å²) in [6.45, 7) is 0.461. The van der Waals surface area contributed by atoms with Gasteiger partial charge >= 0.3 is 5.97 Å². The zero-order valence-corrected chi connectivity index (χ0v) is 13.9. The van der Waals surface area contributed by atoms with Gasteiger partial charge in [-0.1, -0.05) is 42.5 Å². The topological polar surface area (TPSA) is 68.2 Å². The van der Waals surface area contributed by atoms with Crippen molar-refractivity contribution < 1.29 is 14.3 Å². The van der Waals surface area contributed by atoms with E-state index in [1.807, 2.05) is 42.5 Å². The second kappa shape index (κ2) is 6.28. The van der Waals surface area contributed by atoms with Gasteiger partial charge in [0.05, 0.1) is 0 Å². The summed E-state index contributed by atoms with van der Waals surface area (Å²) < 4.78 is 15.5. The lowest BCUT2D eigenvalue weighted by Gasteiger charge is -2.12. The summed E-state index contributed by atoms with van der Waals surface area (Å²) in [5.41, 5.74) is 8.30. The van der Waals surface area contributed by atoms with Gasteiger partial charge in [0.25, 0.3) is 0 Å². The van der Waals surface area contributed by atoms with Crippen LogP contribution in [-0.2, 0) is 13.1 Å². The van der Waals surface area contributed by atoms with Gasteiger partial charge in [0.15, 0.2) is 0 Å². The van der Waals surface area contributed by atoms with E-state index < -0.39 is 5.97 Å². The van der Waals surface area contributed by atoms with Gasteiger partial charge in [-0.25, -0.2) is 9.18 Å². The van der Waals surface area contributed by atoms with Gasteiger partial charge in [0.1, 0.15) is 11.5 Å². The maximum Gasteiger partial charge on any atom is 0.352 e. The first-order valence-electron chi connectivity index (χ1n) is 8.30. The van der Waals surface area contributed by atoms with Crippen molar-refractivity contribution in [2.75, 3.05) is 0 Å². The molecule has 0 aliphatic heterocycles. The maximum atomic E-state index is 13.8. The van der Waals surface area contributed by atoms with Crippen LogP contribution in [-0.4, -0.2) is 15.6 Å². The number of para-hydroxylation sites is 1. The Morgan fingerprint density at radius 2 is 1.85 bits per heavy atom. The average molecular weight is 348 g/mol. The Labute approximate surface area is 149 Å². The standard InChI is InChI=1S/C21H17FN2O2/c22-15-9-8-13-4-3-5-14(17(13)10-15)12-24-19-7-2-1-6-16(19)18(11-23)20(24)21(25)26/h1-10H,11-12,23H2,(H,25,26). The first-order chi connectivity index (χ1) is 12.6. The largest absolute Gasteiger partial charge is 0.477 e. The van der Waals surface area contributed by atoms with Crippen LogP contribution >= 0.6 is 0 Å². The predicted molar refractivity (Wildman–Crippen MR) is 99.8 cm³/mol. The Hall–Kier alpha value is -3.18. The molecule has 4 rings (SSSR count). The van der Waals surface area contributed by atoms with Gasteiger partial charge < -0.3 is 15.4 Å². The molecule has 0 aliphatic rings. The molecule has 0 spiro atoms. The van der Waals surface area contributed by atoms with E-state index in [1.165, 1.54) is 12.1 Å². The number of benzene rings is 3. The molecule has 4 nitrogen and oxygen atoms in total. The number of hydrogen-bond donors (Lipinski definition) is 2. The minimum atomic E-state index is -1.02. The number of carbonyl (C=O) groups is 1. The Morgan fingerprint density at radius 3 is 2.62 bits per heavy atom. The number of nitrogens with zero attached hydrogens (tertiary/aromatic N) is 1. The zero-order chi connectivity index (χ0) is 18.3. The van der Waals surface area contributed by atoms with Gasteiger partial charge in [0, 0.05) is 29.6 Å². The van der Waals surface area contributed by atoms with E-state index in [2.05, 4.69) is 0 Å². The van der Waals surface area contributed by atoms with Gasteiger partial charge in [-0.05, 0) is 34.5 Å². The second-order valence-electron chi connectivity index (χ2n) is 6.22. The highest BCUT2D eigenvalue weighted by atomic mass is 19.1. The first-order valence-corrected chi connectivity index (χ1v) is 8.30. The van der Waals surface area contributed by atoms with Crippen LogP contribution in [0.1, 0.15) is 21.6 Å². The monoisotopic (exact) mass is 348 g/mol. The molecule has 0 amide bonds. The third-order valence-corrected chi connectivity index (χ3v) is 4.75. The summed E-state index contributed by atoms with van der Waals surface area (Å²) in [6, 6.07) is 17.8.